The average Bonchev–Trinajstić information content (AvgIpc) is 2.92. The van der Waals surface area contributed by atoms with Crippen LogP contribution in [0, 0.1) is 0 Å². The lowest BCUT2D eigenvalue weighted by molar-refractivity contribution is -0.271. The average molecular weight is 308 g/mol. The van der Waals surface area contributed by atoms with Gasteiger partial charge < -0.3 is 23.7 Å². The lowest BCUT2D eigenvalue weighted by Crippen LogP contribution is -2.32. The molecule has 0 radical (unpaired) electrons. The Morgan fingerprint density at radius 2 is 1.77 bits per heavy atom. The quantitative estimate of drug-likeness (QED) is 0.793. The van der Waals surface area contributed by atoms with Crippen molar-refractivity contribution in [1.29, 1.82) is 0 Å². The van der Waals surface area contributed by atoms with Crippen LogP contribution < -0.4 is 0 Å². The molecule has 1 aromatic rings. The maximum Gasteiger partial charge on any atom is 0.305 e. The van der Waals surface area contributed by atoms with E-state index >= 15 is 0 Å². The van der Waals surface area contributed by atoms with E-state index in [-0.39, 0.29) is 0 Å². The van der Waals surface area contributed by atoms with Crippen molar-refractivity contribution < 1.29 is 28.5 Å². The smallest absolute Gasteiger partial charge is 0.305 e. The standard InChI is InChI=1S/C16H20O6/c1-10(17)19-15-13-12(21-16(2,3)22-13)14(20-15)18-9-11-7-5-4-6-8-11/h4-8,12-15H,9H2,1-3H3/t12-,13+,14-,15+/m1/s1. The van der Waals surface area contributed by atoms with Crippen LogP contribution in [-0.2, 0) is 35.1 Å². The van der Waals surface area contributed by atoms with Gasteiger partial charge in [-0.3, -0.25) is 4.79 Å². The highest BCUT2D eigenvalue weighted by Gasteiger charge is 2.57. The topological polar surface area (TPSA) is 63.2 Å². The first-order chi connectivity index (χ1) is 10.4. The summed E-state index contributed by atoms with van der Waals surface area (Å²) in [5.74, 6) is -1.19. The Kier molecular flexibility index (Phi) is 4.18. The second kappa shape index (κ2) is 5.96. The second-order valence-electron chi connectivity index (χ2n) is 5.84. The number of ether oxygens (including phenoxy) is 5. The SMILES string of the molecule is CC(=O)O[C@H]1O[C@@H](OCc2ccccc2)[C@@H]2OC(C)(C)O[C@H]12. The Bertz CT molecular complexity index is 529. The number of esters is 1. The lowest BCUT2D eigenvalue weighted by atomic mass is 10.2. The summed E-state index contributed by atoms with van der Waals surface area (Å²) in [5.41, 5.74) is 1.02. The summed E-state index contributed by atoms with van der Waals surface area (Å²) >= 11 is 0. The summed E-state index contributed by atoms with van der Waals surface area (Å²) in [4.78, 5) is 11.2. The fourth-order valence-corrected chi connectivity index (χ4v) is 2.67. The third kappa shape index (κ3) is 3.30. The van der Waals surface area contributed by atoms with Crippen molar-refractivity contribution in [2.75, 3.05) is 0 Å². The molecule has 6 heteroatoms. The van der Waals surface area contributed by atoms with E-state index < -0.39 is 36.5 Å². The Labute approximate surface area is 129 Å². The summed E-state index contributed by atoms with van der Waals surface area (Å²) in [7, 11) is 0. The van der Waals surface area contributed by atoms with Gasteiger partial charge in [0.05, 0.1) is 6.61 Å². The highest BCUT2D eigenvalue weighted by atomic mass is 16.8. The van der Waals surface area contributed by atoms with E-state index in [0.29, 0.717) is 6.61 Å². The first-order valence-corrected chi connectivity index (χ1v) is 7.28. The molecule has 120 valence electrons. The van der Waals surface area contributed by atoms with E-state index in [2.05, 4.69) is 0 Å². The van der Waals surface area contributed by atoms with Gasteiger partial charge in [0.15, 0.2) is 18.2 Å². The van der Waals surface area contributed by atoms with Crippen molar-refractivity contribution in [1.82, 2.24) is 0 Å². The van der Waals surface area contributed by atoms with E-state index in [4.69, 9.17) is 23.7 Å². The molecule has 0 bridgehead atoms. The number of benzene rings is 1. The van der Waals surface area contributed by atoms with Gasteiger partial charge in [-0.15, -0.1) is 0 Å². The first kappa shape index (κ1) is 15.4. The van der Waals surface area contributed by atoms with Gasteiger partial charge in [0.2, 0.25) is 6.29 Å². The number of carbonyl (C=O) groups excluding carboxylic acids is 1. The molecule has 0 amide bonds. The molecular formula is C16H20O6. The third-order valence-corrected chi connectivity index (χ3v) is 3.51. The van der Waals surface area contributed by atoms with Crippen LogP contribution in [0.2, 0.25) is 0 Å². The van der Waals surface area contributed by atoms with E-state index in [0.717, 1.165) is 5.56 Å². The molecule has 1 aromatic carbocycles. The van der Waals surface area contributed by atoms with Gasteiger partial charge in [0.25, 0.3) is 0 Å². The van der Waals surface area contributed by atoms with Gasteiger partial charge in [-0.1, -0.05) is 30.3 Å². The predicted molar refractivity (Wildman–Crippen MR) is 75.5 cm³/mol. The molecule has 0 saturated carbocycles. The van der Waals surface area contributed by atoms with Crippen molar-refractivity contribution >= 4 is 5.97 Å². The predicted octanol–water partition coefficient (Wildman–Crippen LogP) is 1.97. The minimum absolute atomic E-state index is 0.380. The maximum atomic E-state index is 11.2. The number of carbonyl (C=O) groups is 1. The van der Waals surface area contributed by atoms with Crippen LogP contribution in [0.3, 0.4) is 0 Å². The van der Waals surface area contributed by atoms with Crippen LogP contribution in [0.1, 0.15) is 26.3 Å². The first-order valence-electron chi connectivity index (χ1n) is 7.28. The normalized spacial score (nSPS) is 32.7. The van der Waals surface area contributed by atoms with Gasteiger partial charge in [-0.2, -0.15) is 0 Å². The molecular weight excluding hydrogens is 288 g/mol. The molecule has 0 unspecified atom stereocenters. The molecule has 4 atom stereocenters. The Morgan fingerprint density at radius 1 is 1.14 bits per heavy atom. The maximum absolute atomic E-state index is 11.2. The van der Waals surface area contributed by atoms with E-state index in [1.54, 1.807) is 0 Å². The van der Waals surface area contributed by atoms with Crippen LogP contribution in [-0.4, -0.2) is 36.5 Å². The van der Waals surface area contributed by atoms with Gasteiger partial charge in [-0.05, 0) is 19.4 Å². The van der Waals surface area contributed by atoms with Crippen LogP contribution in [0.4, 0.5) is 0 Å². The van der Waals surface area contributed by atoms with Crippen molar-refractivity contribution in [3.63, 3.8) is 0 Å². The zero-order valence-corrected chi connectivity index (χ0v) is 12.9. The fourth-order valence-electron chi connectivity index (χ4n) is 2.67. The summed E-state index contributed by atoms with van der Waals surface area (Å²) in [6.07, 6.45) is -2.37. The molecule has 0 aromatic heterocycles. The zero-order valence-electron chi connectivity index (χ0n) is 12.9. The van der Waals surface area contributed by atoms with Gasteiger partial charge in [0, 0.05) is 6.92 Å². The highest BCUT2D eigenvalue weighted by molar-refractivity contribution is 5.66. The summed E-state index contributed by atoms with van der Waals surface area (Å²) in [6.45, 7) is 5.33. The minimum atomic E-state index is -0.815. The van der Waals surface area contributed by atoms with Crippen LogP contribution >= 0.6 is 0 Å². The van der Waals surface area contributed by atoms with Gasteiger partial charge in [-0.25, -0.2) is 0 Å². The molecule has 2 aliphatic rings. The summed E-state index contributed by atoms with van der Waals surface area (Å²) < 4.78 is 28.2. The molecule has 6 nitrogen and oxygen atoms in total. The van der Waals surface area contributed by atoms with Crippen LogP contribution in [0.15, 0.2) is 30.3 Å². The Hall–Kier alpha value is -1.47. The molecule has 2 heterocycles. The second-order valence-corrected chi connectivity index (χ2v) is 5.84. The Morgan fingerprint density at radius 3 is 2.41 bits per heavy atom. The van der Waals surface area contributed by atoms with Gasteiger partial charge >= 0.3 is 5.97 Å². The van der Waals surface area contributed by atoms with Crippen LogP contribution in [0.25, 0.3) is 0 Å². The van der Waals surface area contributed by atoms with Crippen molar-refractivity contribution in [3.05, 3.63) is 35.9 Å². The largest absolute Gasteiger partial charge is 0.433 e. The van der Waals surface area contributed by atoms with Crippen molar-refractivity contribution in [2.45, 2.75) is 58.0 Å². The number of hydrogen-bond donors (Lipinski definition) is 0. The molecule has 0 N–H and O–H groups in total. The van der Waals surface area contributed by atoms with E-state index in [9.17, 15) is 4.79 Å². The molecule has 2 saturated heterocycles. The van der Waals surface area contributed by atoms with Crippen LogP contribution in [0.5, 0.6) is 0 Å². The molecule has 0 aliphatic carbocycles. The minimum Gasteiger partial charge on any atom is -0.433 e. The summed E-state index contributed by atoms with van der Waals surface area (Å²) in [6, 6.07) is 9.75. The Balaban J connectivity index is 1.67. The number of fused-ring (bicyclic) bond motifs is 1. The molecule has 22 heavy (non-hydrogen) atoms. The number of rotatable bonds is 4. The highest BCUT2D eigenvalue weighted by Crippen LogP contribution is 2.39. The molecule has 3 rings (SSSR count). The third-order valence-electron chi connectivity index (χ3n) is 3.51. The van der Waals surface area contributed by atoms with E-state index in [1.807, 2.05) is 44.2 Å². The molecule has 2 aliphatic heterocycles. The van der Waals surface area contributed by atoms with E-state index in [1.165, 1.54) is 6.92 Å². The number of hydrogen-bond acceptors (Lipinski definition) is 6. The van der Waals surface area contributed by atoms with Gasteiger partial charge in [0.1, 0.15) is 6.10 Å². The monoisotopic (exact) mass is 308 g/mol. The van der Waals surface area contributed by atoms with Crippen molar-refractivity contribution in [2.24, 2.45) is 0 Å². The lowest BCUT2D eigenvalue weighted by Gasteiger charge is -2.23. The molecule has 0 spiro atoms. The summed E-state index contributed by atoms with van der Waals surface area (Å²) in [5, 5.41) is 0. The molecule has 2 fully saturated rings. The zero-order chi connectivity index (χ0) is 15.7. The fraction of sp³-hybridized carbons (Fsp3) is 0.562. The van der Waals surface area contributed by atoms with Crippen molar-refractivity contribution in [3.8, 4) is 0 Å².